The van der Waals surface area contributed by atoms with Crippen molar-refractivity contribution in [3.8, 4) is 0 Å². The first-order chi connectivity index (χ1) is 14.9. The van der Waals surface area contributed by atoms with Crippen LogP contribution in [0.2, 0.25) is 0 Å². The lowest BCUT2D eigenvalue weighted by Crippen LogP contribution is -2.31. The molecule has 1 aromatic heterocycles. The number of hydrogen-bond acceptors (Lipinski definition) is 5. The Kier molecular flexibility index (Phi) is 7.46. The molecular formula is C23H26N4O3S. The molecule has 2 N–H and O–H groups in total. The summed E-state index contributed by atoms with van der Waals surface area (Å²) in [6, 6.07) is 14.1. The number of thioether (sulfide) groups is 1. The van der Waals surface area contributed by atoms with Crippen molar-refractivity contribution in [1.29, 1.82) is 0 Å². The Labute approximate surface area is 185 Å². The molecule has 0 unspecified atom stereocenters. The Balaban J connectivity index is 1.78. The van der Waals surface area contributed by atoms with Crippen LogP contribution in [-0.2, 0) is 11.3 Å². The number of carbonyl (C=O) groups excluding carboxylic acids is 2. The minimum Gasteiger partial charge on any atom is -0.350 e. The summed E-state index contributed by atoms with van der Waals surface area (Å²) in [4.78, 5) is 42.5. The van der Waals surface area contributed by atoms with Gasteiger partial charge in [0.25, 0.3) is 11.5 Å². The van der Waals surface area contributed by atoms with Crippen LogP contribution >= 0.6 is 11.8 Å². The highest BCUT2D eigenvalue weighted by atomic mass is 32.2. The van der Waals surface area contributed by atoms with Gasteiger partial charge in [-0.1, -0.05) is 43.0 Å². The van der Waals surface area contributed by atoms with E-state index in [0.29, 0.717) is 33.9 Å². The van der Waals surface area contributed by atoms with Gasteiger partial charge in [0, 0.05) is 12.6 Å². The summed E-state index contributed by atoms with van der Waals surface area (Å²) in [7, 11) is 0. The van der Waals surface area contributed by atoms with E-state index in [2.05, 4.69) is 15.6 Å². The topological polar surface area (TPSA) is 93.1 Å². The third-order valence-electron chi connectivity index (χ3n) is 4.47. The van der Waals surface area contributed by atoms with Crippen LogP contribution in [0.4, 0.5) is 5.69 Å². The van der Waals surface area contributed by atoms with Gasteiger partial charge in [-0.2, -0.15) is 0 Å². The third kappa shape index (κ3) is 5.52. The summed E-state index contributed by atoms with van der Waals surface area (Å²) in [6.45, 7) is 6.27. The predicted molar refractivity (Wildman–Crippen MR) is 125 cm³/mol. The highest BCUT2D eigenvalue weighted by Gasteiger charge is 2.16. The van der Waals surface area contributed by atoms with Crippen molar-refractivity contribution in [2.24, 2.45) is 0 Å². The van der Waals surface area contributed by atoms with Gasteiger partial charge in [0.15, 0.2) is 5.16 Å². The molecule has 3 aromatic rings. The van der Waals surface area contributed by atoms with Crippen LogP contribution in [0.5, 0.6) is 0 Å². The van der Waals surface area contributed by atoms with E-state index in [1.165, 1.54) is 11.8 Å². The van der Waals surface area contributed by atoms with Crippen molar-refractivity contribution in [1.82, 2.24) is 14.9 Å². The van der Waals surface area contributed by atoms with E-state index in [9.17, 15) is 14.4 Å². The number of hydrogen-bond donors (Lipinski definition) is 2. The Morgan fingerprint density at radius 3 is 2.55 bits per heavy atom. The molecule has 1 heterocycles. The molecule has 2 amide bonds. The van der Waals surface area contributed by atoms with Crippen LogP contribution in [0, 0.1) is 0 Å². The van der Waals surface area contributed by atoms with Gasteiger partial charge in [0.1, 0.15) is 0 Å². The molecular weight excluding hydrogens is 412 g/mol. The van der Waals surface area contributed by atoms with Gasteiger partial charge < -0.3 is 10.6 Å². The fourth-order valence-corrected chi connectivity index (χ4v) is 3.95. The first-order valence-corrected chi connectivity index (χ1v) is 11.2. The molecule has 0 aliphatic carbocycles. The summed E-state index contributed by atoms with van der Waals surface area (Å²) < 4.78 is 1.62. The molecule has 0 radical (unpaired) electrons. The van der Waals surface area contributed by atoms with Gasteiger partial charge in [-0.05, 0) is 44.5 Å². The smallest absolute Gasteiger partial charge is 0.262 e. The molecule has 0 fully saturated rings. The number of anilines is 1. The van der Waals surface area contributed by atoms with Crippen molar-refractivity contribution in [3.63, 3.8) is 0 Å². The number of fused-ring (bicyclic) bond motifs is 1. The maximum absolute atomic E-state index is 12.8. The van der Waals surface area contributed by atoms with E-state index >= 15 is 0 Å². The number of aromatic nitrogens is 2. The Bertz CT molecular complexity index is 1160. The molecule has 162 valence electrons. The average molecular weight is 439 g/mol. The number of nitrogens with zero attached hydrogens (tertiary/aromatic N) is 2. The van der Waals surface area contributed by atoms with Crippen molar-refractivity contribution in [2.75, 3.05) is 11.1 Å². The molecule has 2 aromatic carbocycles. The van der Waals surface area contributed by atoms with Gasteiger partial charge in [0.05, 0.1) is 27.9 Å². The van der Waals surface area contributed by atoms with Gasteiger partial charge >= 0.3 is 0 Å². The molecule has 0 saturated heterocycles. The van der Waals surface area contributed by atoms with Gasteiger partial charge in [0.2, 0.25) is 5.91 Å². The number of amides is 2. The molecule has 0 aliphatic rings. The Hall–Kier alpha value is -3.13. The number of benzene rings is 2. The van der Waals surface area contributed by atoms with E-state index in [1.807, 2.05) is 32.9 Å². The highest BCUT2D eigenvalue weighted by Crippen LogP contribution is 2.20. The van der Waals surface area contributed by atoms with E-state index in [-0.39, 0.29) is 29.2 Å². The highest BCUT2D eigenvalue weighted by molar-refractivity contribution is 7.99. The van der Waals surface area contributed by atoms with E-state index in [4.69, 9.17) is 0 Å². The first kappa shape index (κ1) is 22.6. The van der Waals surface area contributed by atoms with Gasteiger partial charge in [-0.25, -0.2) is 4.98 Å². The van der Waals surface area contributed by atoms with E-state index in [1.54, 1.807) is 41.0 Å². The second-order valence-electron chi connectivity index (χ2n) is 7.38. The maximum Gasteiger partial charge on any atom is 0.262 e. The van der Waals surface area contributed by atoms with Crippen LogP contribution in [0.25, 0.3) is 10.9 Å². The summed E-state index contributed by atoms with van der Waals surface area (Å²) >= 11 is 1.21. The summed E-state index contributed by atoms with van der Waals surface area (Å²) in [5.74, 6) is -0.457. The SMILES string of the molecule is CCCn1c(SCC(=O)Nc2ccccc2C(=O)NC(C)C)nc2ccccc2c1=O. The predicted octanol–water partition coefficient (Wildman–Crippen LogP) is 3.68. The van der Waals surface area contributed by atoms with E-state index < -0.39 is 0 Å². The number of para-hydroxylation sites is 2. The zero-order valence-electron chi connectivity index (χ0n) is 17.8. The maximum atomic E-state index is 12.8. The lowest BCUT2D eigenvalue weighted by Gasteiger charge is -2.14. The second kappa shape index (κ2) is 10.3. The van der Waals surface area contributed by atoms with Gasteiger partial charge in [-0.15, -0.1) is 0 Å². The lowest BCUT2D eigenvalue weighted by atomic mass is 10.1. The van der Waals surface area contributed by atoms with Crippen molar-refractivity contribution in [2.45, 2.75) is 44.9 Å². The summed E-state index contributed by atoms with van der Waals surface area (Å²) in [5, 5.41) is 6.70. The summed E-state index contributed by atoms with van der Waals surface area (Å²) in [6.07, 6.45) is 0.776. The van der Waals surface area contributed by atoms with Crippen LogP contribution in [0.1, 0.15) is 37.6 Å². The molecule has 7 nitrogen and oxygen atoms in total. The fraction of sp³-hybridized carbons (Fsp3) is 0.304. The minimum atomic E-state index is -0.278. The number of rotatable bonds is 8. The molecule has 3 rings (SSSR count). The zero-order chi connectivity index (χ0) is 22.4. The van der Waals surface area contributed by atoms with Crippen LogP contribution in [0.15, 0.2) is 58.5 Å². The Morgan fingerprint density at radius 2 is 1.81 bits per heavy atom. The normalized spacial score (nSPS) is 11.0. The number of nitrogens with one attached hydrogen (secondary N) is 2. The molecule has 0 aliphatic heterocycles. The summed E-state index contributed by atoms with van der Waals surface area (Å²) in [5.41, 5.74) is 1.36. The second-order valence-corrected chi connectivity index (χ2v) is 8.32. The van der Waals surface area contributed by atoms with Crippen LogP contribution < -0.4 is 16.2 Å². The third-order valence-corrected chi connectivity index (χ3v) is 5.45. The van der Waals surface area contributed by atoms with Crippen LogP contribution in [0.3, 0.4) is 0 Å². The molecule has 31 heavy (non-hydrogen) atoms. The van der Waals surface area contributed by atoms with E-state index in [0.717, 1.165) is 6.42 Å². The molecule has 8 heteroatoms. The molecule has 0 bridgehead atoms. The number of carbonyl (C=O) groups is 2. The Morgan fingerprint density at radius 1 is 1.10 bits per heavy atom. The quantitative estimate of drug-likeness (QED) is 0.413. The largest absolute Gasteiger partial charge is 0.350 e. The first-order valence-electron chi connectivity index (χ1n) is 10.2. The molecule has 0 saturated carbocycles. The lowest BCUT2D eigenvalue weighted by molar-refractivity contribution is -0.113. The minimum absolute atomic E-state index is 0.0129. The van der Waals surface area contributed by atoms with Crippen molar-refractivity contribution >= 4 is 40.2 Å². The van der Waals surface area contributed by atoms with Crippen LogP contribution in [-0.4, -0.2) is 33.2 Å². The van der Waals surface area contributed by atoms with Crippen molar-refractivity contribution < 1.29 is 9.59 Å². The standard InChI is InChI=1S/C23H26N4O3S/c1-4-13-27-22(30)17-10-6-8-12-19(17)26-23(27)31-14-20(28)25-18-11-7-5-9-16(18)21(29)24-15(2)3/h5-12,15H,4,13-14H2,1-3H3,(H,24,29)(H,25,28). The average Bonchev–Trinajstić information content (AvgIpc) is 2.74. The molecule has 0 spiro atoms. The fourth-order valence-electron chi connectivity index (χ4n) is 3.13. The van der Waals surface area contributed by atoms with Gasteiger partial charge in [-0.3, -0.25) is 19.0 Å². The van der Waals surface area contributed by atoms with Crippen molar-refractivity contribution in [3.05, 3.63) is 64.4 Å². The zero-order valence-corrected chi connectivity index (χ0v) is 18.7. The monoisotopic (exact) mass is 438 g/mol. The molecule has 0 atom stereocenters.